The number of fused-ring (bicyclic) bond motifs is 1. The number of ether oxygens (including phenoxy) is 2. The lowest BCUT2D eigenvalue weighted by Crippen LogP contribution is -2.39. The molecule has 3 rings (SSSR count). The van der Waals surface area contributed by atoms with Gasteiger partial charge in [0.25, 0.3) is 0 Å². The van der Waals surface area contributed by atoms with Crippen molar-refractivity contribution in [1.29, 1.82) is 0 Å². The molecule has 0 spiro atoms. The second-order valence-corrected chi connectivity index (χ2v) is 13.8. The van der Waals surface area contributed by atoms with Gasteiger partial charge >= 0.3 is 7.82 Å². The molecule has 1 aliphatic rings. The second kappa shape index (κ2) is 19.9. The Kier molecular flexibility index (Phi) is 16.7. The van der Waals surface area contributed by atoms with Crippen molar-refractivity contribution in [3.8, 4) is 0 Å². The summed E-state index contributed by atoms with van der Waals surface area (Å²) in [5.74, 6) is 0.226. The van der Waals surface area contributed by atoms with Crippen molar-refractivity contribution in [2.45, 2.75) is 147 Å². The van der Waals surface area contributed by atoms with Crippen molar-refractivity contribution in [2.24, 2.45) is 0 Å². The van der Waals surface area contributed by atoms with Gasteiger partial charge in [-0.25, -0.2) is 14.1 Å². The van der Waals surface area contributed by atoms with Crippen LogP contribution < -0.4 is 5.73 Å². The number of unbranched alkanes of at least 4 members (excludes halogenated alkanes) is 15. The molecule has 12 nitrogen and oxygen atoms in total. The molecule has 13 heteroatoms. The molecule has 2 aromatic heterocycles. The summed E-state index contributed by atoms with van der Waals surface area (Å²) >= 11 is 0. The van der Waals surface area contributed by atoms with Crippen LogP contribution in [0.5, 0.6) is 0 Å². The maximum absolute atomic E-state index is 12.5. The summed E-state index contributed by atoms with van der Waals surface area (Å²) in [7, 11) is -4.58. The molecule has 0 saturated carbocycles. The fraction of sp³-hybridized carbons (Fsp3) is 0.812. The largest absolute Gasteiger partial charge is 0.474 e. The van der Waals surface area contributed by atoms with E-state index in [1.807, 2.05) is 0 Å². The van der Waals surface area contributed by atoms with Crippen LogP contribution in [0.25, 0.3) is 5.52 Å². The highest BCUT2D eigenvalue weighted by Crippen LogP contribution is 2.50. The highest BCUT2D eigenvalue weighted by Gasteiger charge is 2.56. The van der Waals surface area contributed by atoms with Gasteiger partial charge in [-0.2, -0.15) is 5.10 Å². The molecule has 5 N–H and O–H groups in total. The van der Waals surface area contributed by atoms with E-state index in [9.17, 15) is 19.7 Å². The highest BCUT2D eigenvalue weighted by atomic mass is 31.2. The molecule has 2 aromatic rings. The third kappa shape index (κ3) is 12.2. The van der Waals surface area contributed by atoms with Gasteiger partial charge in [0.15, 0.2) is 12.1 Å². The predicted octanol–water partition coefficient (Wildman–Crippen LogP) is 6.41. The van der Waals surface area contributed by atoms with Gasteiger partial charge in [0, 0.05) is 13.2 Å². The first kappa shape index (κ1) is 37.8. The Hall–Kier alpha value is -1.63. The molecule has 3 heterocycles. The fourth-order valence-electron chi connectivity index (χ4n) is 5.81. The molecular weight excluding hydrogens is 599 g/mol. The van der Waals surface area contributed by atoms with E-state index in [0.29, 0.717) is 37.3 Å². The van der Waals surface area contributed by atoms with Gasteiger partial charge in [-0.1, -0.05) is 96.8 Å². The van der Waals surface area contributed by atoms with Crippen molar-refractivity contribution in [3.05, 3.63) is 24.2 Å². The van der Waals surface area contributed by atoms with E-state index in [2.05, 4.69) is 17.0 Å². The number of hydrogen-bond donors (Lipinski definition) is 4. The zero-order valence-corrected chi connectivity index (χ0v) is 28.2. The van der Waals surface area contributed by atoms with E-state index in [0.717, 1.165) is 6.42 Å². The molecule has 1 saturated heterocycles. The van der Waals surface area contributed by atoms with Crippen LogP contribution in [0.1, 0.15) is 129 Å². The number of nitrogens with zero attached hydrogens (tertiary/aromatic N) is 3. The zero-order valence-electron chi connectivity index (χ0n) is 27.4. The molecule has 0 aromatic carbocycles. The van der Waals surface area contributed by atoms with Crippen LogP contribution in [0.4, 0.5) is 5.82 Å². The number of rotatable bonds is 25. The minimum absolute atomic E-state index is 0.0295. The molecule has 0 bridgehead atoms. The molecular formula is C32H57N4O8P. The summed E-state index contributed by atoms with van der Waals surface area (Å²) < 4.78 is 35.6. The molecule has 0 radical (unpaired) electrons. The Morgan fingerprint density at radius 3 is 2.02 bits per heavy atom. The van der Waals surface area contributed by atoms with Crippen molar-refractivity contribution in [2.75, 3.05) is 25.6 Å². The average Bonchev–Trinajstić information content (AvgIpc) is 3.54. The molecule has 1 unspecified atom stereocenters. The van der Waals surface area contributed by atoms with Gasteiger partial charge in [0.1, 0.15) is 29.7 Å². The number of hydrogen-bond acceptors (Lipinski definition) is 10. The summed E-state index contributed by atoms with van der Waals surface area (Å²) in [5.41, 5.74) is 5.22. The van der Waals surface area contributed by atoms with Crippen molar-refractivity contribution in [1.82, 2.24) is 14.6 Å². The maximum Gasteiger partial charge on any atom is 0.474 e. The van der Waals surface area contributed by atoms with E-state index in [-0.39, 0.29) is 12.4 Å². The molecule has 0 aliphatic carbocycles. The number of aliphatic hydroxyl groups is 2. The van der Waals surface area contributed by atoms with Crippen molar-refractivity contribution < 1.29 is 38.2 Å². The van der Waals surface area contributed by atoms with E-state index in [4.69, 9.17) is 24.3 Å². The molecule has 45 heavy (non-hydrogen) atoms. The molecule has 1 aliphatic heterocycles. The summed E-state index contributed by atoms with van der Waals surface area (Å²) in [6, 6.07) is 3.27. The van der Waals surface area contributed by atoms with Crippen molar-refractivity contribution >= 4 is 19.2 Å². The SMILES string of the molecule is CCCCCCCCCCCCCCCCCOCCCCOP(=O)(O)O[C@H]1O[C@@](C)(c2ccc3c(N)ncnn23)[C@H](O)[C@@H]1O. The smallest absolute Gasteiger partial charge is 0.387 e. The quantitative estimate of drug-likeness (QED) is 0.0688. The van der Waals surface area contributed by atoms with Gasteiger partial charge in [-0.3, -0.25) is 9.05 Å². The second-order valence-electron chi connectivity index (χ2n) is 12.4. The van der Waals surface area contributed by atoms with Gasteiger partial charge in [0.2, 0.25) is 0 Å². The van der Waals surface area contributed by atoms with Gasteiger partial charge < -0.3 is 30.3 Å². The molecule has 1 fully saturated rings. The van der Waals surface area contributed by atoms with Crippen LogP contribution in [0, 0.1) is 0 Å². The Bertz CT molecular complexity index is 1150. The number of phosphoric ester groups is 1. The van der Waals surface area contributed by atoms with Crippen LogP contribution in [0.2, 0.25) is 0 Å². The van der Waals surface area contributed by atoms with Crippen LogP contribution >= 0.6 is 7.82 Å². The Morgan fingerprint density at radius 1 is 0.889 bits per heavy atom. The number of anilines is 1. The number of nitrogens with two attached hydrogens (primary N) is 1. The van der Waals surface area contributed by atoms with E-state index in [1.54, 1.807) is 12.1 Å². The fourth-order valence-corrected chi connectivity index (χ4v) is 6.66. The minimum atomic E-state index is -4.58. The Labute approximate surface area is 268 Å². The van der Waals surface area contributed by atoms with Crippen LogP contribution in [0.3, 0.4) is 0 Å². The molecule has 5 atom stereocenters. The third-order valence-corrected chi connectivity index (χ3v) is 9.57. The topological polar surface area (TPSA) is 171 Å². The Morgan fingerprint density at radius 2 is 1.42 bits per heavy atom. The number of aliphatic hydroxyl groups excluding tert-OH is 2. The average molecular weight is 657 g/mol. The minimum Gasteiger partial charge on any atom is -0.387 e. The lowest BCUT2D eigenvalue weighted by atomic mass is 9.94. The first-order valence-electron chi connectivity index (χ1n) is 17.1. The predicted molar refractivity (Wildman–Crippen MR) is 173 cm³/mol. The van der Waals surface area contributed by atoms with E-state index >= 15 is 0 Å². The summed E-state index contributed by atoms with van der Waals surface area (Å²) in [4.78, 5) is 14.1. The zero-order chi connectivity index (χ0) is 32.5. The number of phosphoric acid groups is 1. The third-order valence-electron chi connectivity index (χ3n) is 8.58. The van der Waals surface area contributed by atoms with Crippen LogP contribution in [-0.4, -0.2) is 68.0 Å². The molecule has 258 valence electrons. The van der Waals surface area contributed by atoms with Gasteiger partial charge in [0.05, 0.1) is 12.3 Å². The lowest BCUT2D eigenvalue weighted by Gasteiger charge is -2.27. The number of nitrogen functional groups attached to an aromatic ring is 1. The molecule has 0 amide bonds. The summed E-state index contributed by atoms with van der Waals surface area (Å²) in [6.07, 6.45) is 17.7. The number of aromatic nitrogens is 3. The monoisotopic (exact) mass is 656 g/mol. The van der Waals surface area contributed by atoms with Crippen LogP contribution in [-0.2, 0) is 28.7 Å². The lowest BCUT2D eigenvalue weighted by molar-refractivity contribution is -0.155. The standard InChI is InChI=1S/C32H57N4O8P/c1-3-4-5-6-7-8-9-10-11-12-13-14-15-16-17-22-41-23-18-19-24-42-45(39,40)44-31-28(37)29(38)32(2,43-31)27-21-20-26-30(33)34-25-35-36(26)27/h20-21,25,28-29,31,37-38H,3-19,22-24H2,1-2H3,(H,39,40)(H2,33,34,35)/t28-,29+,31+,32-/m0/s1. The summed E-state index contributed by atoms with van der Waals surface area (Å²) in [6.45, 7) is 5.02. The Balaban J connectivity index is 1.18. The normalized spacial score (nSPS) is 23.2. The summed E-state index contributed by atoms with van der Waals surface area (Å²) in [5, 5.41) is 25.5. The van der Waals surface area contributed by atoms with Gasteiger partial charge in [-0.15, -0.1) is 0 Å². The van der Waals surface area contributed by atoms with Gasteiger partial charge in [-0.05, 0) is 38.3 Å². The van der Waals surface area contributed by atoms with Crippen LogP contribution in [0.15, 0.2) is 18.5 Å². The van der Waals surface area contributed by atoms with E-state index < -0.39 is 31.9 Å². The van der Waals surface area contributed by atoms with Crippen molar-refractivity contribution in [3.63, 3.8) is 0 Å². The van der Waals surface area contributed by atoms with E-state index in [1.165, 1.54) is 108 Å². The first-order valence-corrected chi connectivity index (χ1v) is 18.6. The highest BCUT2D eigenvalue weighted by molar-refractivity contribution is 7.47. The maximum atomic E-state index is 12.5. The first-order chi connectivity index (χ1) is 21.7.